The highest BCUT2D eigenvalue weighted by atomic mass is 79.9. The zero-order chi connectivity index (χ0) is 14.2. The molecule has 0 amide bonds. The van der Waals surface area contributed by atoms with Crippen molar-refractivity contribution in [2.45, 2.75) is 17.7 Å². The van der Waals surface area contributed by atoms with Gasteiger partial charge in [-0.15, -0.1) is 11.3 Å². The molecule has 19 heavy (non-hydrogen) atoms. The molecule has 0 bridgehead atoms. The standard InChI is InChI=1S/C10H11BrClN3O2S2/c1-6-7(4-13-15(6)2)5-14-19(16,17)9-3-8(12)10(11)18-9/h3-4,14H,5H2,1-2H3. The molecular weight excluding hydrogens is 374 g/mol. The molecule has 5 nitrogen and oxygen atoms in total. The number of halogens is 2. The van der Waals surface area contributed by atoms with Crippen LogP contribution in [0.25, 0.3) is 0 Å². The van der Waals surface area contributed by atoms with Gasteiger partial charge in [0.1, 0.15) is 4.21 Å². The summed E-state index contributed by atoms with van der Waals surface area (Å²) >= 11 is 10.1. The van der Waals surface area contributed by atoms with Crippen molar-refractivity contribution in [1.82, 2.24) is 14.5 Å². The van der Waals surface area contributed by atoms with Gasteiger partial charge in [0.05, 0.1) is 15.0 Å². The van der Waals surface area contributed by atoms with Gasteiger partial charge < -0.3 is 0 Å². The highest BCUT2D eigenvalue weighted by Gasteiger charge is 2.19. The second kappa shape index (κ2) is 5.53. The predicted octanol–water partition coefficient (Wildman–Crippen LogP) is 2.68. The molecule has 104 valence electrons. The third-order valence-corrected chi connectivity index (χ3v) is 7.03. The lowest BCUT2D eigenvalue weighted by atomic mass is 10.3. The van der Waals surface area contributed by atoms with Crippen molar-refractivity contribution in [1.29, 1.82) is 0 Å². The maximum Gasteiger partial charge on any atom is 0.250 e. The molecule has 0 aromatic carbocycles. The van der Waals surface area contributed by atoms with Crippen molar-refractivity contribution in [3.8, 4) is 0 Å². The minimum atomic E-state index is -3.55. The van der Waals surface area contributed by atoms with E-state index in [1.807, 2.05) is 14.0 Å². The van der Waals surface area contributed by atoms with E-state index in [9.17, 15) is 8.42 Å². The summed E-state index contributed by atoms with van der Waals surface area (Å²) in [6.07, 6.45) is 1.65. The summed E-state index contributed by atoms with van der Waals surface area (Å²) in [5, 5.41) is 4.46. The van der Waals surface area contributed by atoms with Crippen LogP contribution in [-0.4, -0.2) is 18.2 Å². The van der Waals surface area contributed by atoms with E-state index in [1.165, 1.54) is 6.07 Å². The Morgan fingerprint density at radius 3 is 2.74 bits per heavy atom. The Kier molecular flexibility index (Phi) is 4.36. The number of aromatic nitrogens is 2. The monoisotopic (exact) mass is 383 g/mol. The molecule has 1 N–H and O–H groups in total. The number of hydrogen-bond donors (Lipinski definition) is 1. The Morgan fingerprint density at radius 2 is 2.26 bits per heavy atom. The van der Waals surface area contributed by atoms with Crippen LogP contribution in [0, 0.1) is 6.92 Å². The zero-order valence-corrected chi connectivity index (χ0v) is 14.1. The molecule has 0 aliphatic rings. The first-order valence-electron chi connectivity index (χ1n) is 5.23. The number of nitrogens with one attached hydrogen (secondary N) is 1. The first-order chi connectivity index (χ1) is 8.81. The van der Waals surface area contributed by atoms with Crippen molar-refractivity contribution in [3.05, 3.63) is 32.3 Å². The number of sulfonamides is 1. The van der Waals surface area contributed by atoms with Crippen LogP contribution in [0.1, 0.15) is 11.3 Å². The van der Waals surface area contributed by atoms with Crippen LogP contribution >= 0.6 is 38.9 Å². The number of aryl methyl sites for hydroxylation is 1. The molecular formula is C10H11BrClN3O2S2. The van der Waals surface area contributed by atoms with Crippen molar-refractivity contribution in [2.24, 2.45) is 7.05 Å². The average molecular weight is 385 g/mol. The third-order valence-electron chi connectivity index (χ3n) is 2.68. The summed E-state index contributed by atoms with van der Waals surface area (Å²) in [5.74, 6) is 0. The van der Waals surface area contributed by atoms with Gasteiger partial charge >= 0.3 is 0 Å². The van der Waals surface area contributed by atoms with Crippen molar-refractivity contribution >= 4 is 48.9 Å². The third kappa shape index (κ3) is 3.19. The summed E-state index contributed by atoms with van der Waals surface area (Å²) in [4.78, 5) is 0. The minimum Gasteiger partial charge on any atom is -0.273 e. The normalized spacial score (nSPS) is 12.0. The summed E-state index contributed by atoms with van der Waals surface area (Å²) < 4.78 is 29.2. The van der Waals surface area contributed by atoms with E-state index in [1.54, 1.807) is 10.9 Å². The van der Waals surface area contributed by atoms with Gasteiger partial charge in [0.2, 0.25) is 10.0 Å². The van der Waals surface area contributed by atoms with E-state index in [0.29, 0.717) is 8.81 Å². The maximum absolute atomic E-state index is 12.1. The molecule has 2 aromatic heterocycles. The zero-order valence-electron chi connectivity index (χ0n) is 10.1. The molecule has 0 unspecified atom stereocenters. The van der Waals surface area contributed by atoms with Crippen LogP contribution in [0.3, 0.4) is 0 Å². The first kappa shape index (κ1) is 15.0. The van der Waals surface area contributed by atoms with Gasteiger partial charge in [-0.3, -0.25) is 4.68 Å². The second-order valence-corrected chi connectivity index (χ2v) is 8.66. The lowest BCUT2D eigenvalue weighted by Crippen LogP contribution is -2.22. The van der Waals surface area contributed by atoms with Crippen molar-refractivity contribution in [3.63, 3.8) is 0 Å². The summed E-state index contributed by atoms with van der Waals surface area (Å²) in [7, 11) is -1.74. The van der Waals surface area contributed by atoms with Gasteiger partial charge in [0.15, 0.2) is 0 Å². The van der Waals surface area contributed by atoms with Gasteiger partial charge in [-0.05, 0) is 28.9 Å². The van der Waals surface area contributed by atoms with Gasteiger partial charge in [-0.1, -0.05) is 11.6 Å². The number of hydrogen-bond acceptors (Lipinski definition) is 4. The Morgan fingerprint density at radius 1 is 1.58 bits per heavy atom. The highest BCUT2D eigenvalue weighted by Crippen LogP contribution is 2.34. The molecule has 0 fully saturated rings. The molecule has 2 rings (SSSR count). The van der Waals surface area contributed by atoms with E-state index >= 15 is 0 Å². The van der Waals surface area contributed by atoms with Crippen LogP contribution < -0.4 is 4.72 Å². The fourth-order valence-corrected chi connectivity index (χ4v) is 4.87. The highest BCUT2D eigenvalue weighted by molar-refractivity contribution is 9.11. The summed E-state index contributed by atoms with van der Waals surface area (Å²) in [6, 6.07) is 1.43. The first-order valence-corrected chi connectivity index (χ1v) is 8.70. The molecule has 0 atom stereocenters. The summed E-state index contributed by atoms with van der Waals surface area (Å²) in [5.41, 5.74) is 1.76. The Balaban J connectivity index is 2.16. The molecule has 2 aromatic rings. The molecule has 0 saturated carbocycles. The fraction of sp³-hybridized carbons (Fsp3) is 0.300. The number of rotatable bonds is 4. The molecule has 9 heteroatoms. The second-order valence-electron chi connectivity index (χ2n) is 3.89. The quantitative estimate of drug-likeness (QED) is 0.881. The van der Waals surface area contributed by atoms with Crippen molar-refractivity contribution in [2.75, 3.05) is 0 Å². The molecule has 0 saturated heterocycles. The van der Waals surface area contributed by atoms with E-state index in [4.69, 9.17) is 11.6 Å². The van der Waals surface area contributed by atoms with E-state index < -0.39 is 10.0 Å². The SMILES string of the molecule is Cc1c(CNS(=O)(=O)c2cc(Cl)c(Br)s2)cnn1C. The predicted molar refractivity (Wildman–Crippen MR) is 79.0 cm³/mol. The van der Waals surface area contributed by atoms with Gasteiger partial charge in [0.25, 0.3) is 0 Å². The lowest BCUT2D eigenvalue weighted by molar-refractivity contribution is 0.583. The van der Waals surface area contributed by atoms with Gasteiger partial charge in [-0.2, -0.15) is 5.10 Å². The van der Waals surface area contributed by atoms with Gasteiger partial charge in [0, 0.05) is 24.8 Å². The van der Waals surface area contributed by atoms with Crippen LogP contribution in [0.2, 0.25) is 5.02 Å². The largest absolute Gasteiger partial charge is 0.273 e. The Labute approximate surface area is 128 Å². The Bertz CT molecular complexity index is 689. The number of thiophene rings is 1. The van der Waals surface area contributed by atoms with Crippen molar-refractivity contribution < 1.29 is 8.42 Å². The van der Waals surface area contributed by atoms with Crippen LogP contribution in [0.15, 0.2) is 20.3 Å². The minimum absolute atomic E-state index is 0.186. The topological polar surface area (TPSA) is 64.0 Å². The van der Waals surface area contributed by atoms with E-state index in [-0.39, 0.29) is 10.8 Å². The maximum atomic E-state index is 12.1. The molecule has 2 heterocycles. The number of nitrogens with zero attached hydrogens (tertiary/aromatic N) is 2. The molecule has 0 radical (unpaired) electrons. The van der Waals surface area contributed by atoms with Crippen LogP contribution in [-0.2, 0) is 23.6 Å². The molecule has 0 aliphatic carbocycles. The smallest absolute Gasteiger partial charge is 0.250 e. The van der Waals surface area contributed by atoms with Crippen LogP contribution in [0.5, 0.6) is 0 Å². The Hall–Kier alpha value is -0.410. The van der Waals surface area contributed by atoms with E-state index in [2.05, 4.69) is 25.8 Å². The fourth-order valence-electron chi connectivity index (χ4n) is 1.42. The van der Waals surface area contributed by atoms with E-state index in [0.717, 1.165) is 22.6 Å². The lowest BCUT2D eigenvalue weighted by Gasteiger charge is -2.04. The van der Waals surface area contributed by atoms with Crippen LogP contribution in [0.4, 0.5) is 0 Å². The molecule has 0 spiro atoms. The average Bonchev–Trinajstić information content (AvgIpc) is 2.84. The molecule has 0 aliphatic heterocycles. The summed E-state index contributed by atoms with van der Waals surface area (Å²) in [6.45, 7) is 2.09. The van der Waals surface area contributed by atoms with Gasteiger partial charge in [-0.25, -0.2) is 13.1 Å².